The topological polar surface area (TPSA) is 0 Å². The van der Waals surface area contributed by atoms with E-state index < -0.39 is 11.0 Å². The van der Waals surface area contributed by atoms with Crippen LogP contribution in [0.1, 0.15) is 19.8 Å². The monoisotopic (exact) mass is 204 g/mol. The molecule has 0 radical (unpaired) electrons. The Bertz CT molecular complexity index is 78.8. The lowest BCUT2D eigenvalue weighted by atomic mass is 10.2. The maximum atomic E-state index is 11.6. The summed E-state index contributed by atoms with van der Waals surface area (Å²) in [5.41, 5.74) is 0. The van der Waals surface area contributed by atoms with Crippen molar-refractivity contribution in [2.24, 2.45) is 0 Å². The van der Waals surface area contributed by atoms with Crippen molar-refractivity contribution in [1.29, 1.82) is 0 Å². The summed E-state index contributed by atoms with van der Waals surface area (Å²) in [6.45, 7) is 1.72. The minimum absolute atomic E-state index is 0.156. The Kier molecular flexibility index (Phi) is 3.54. The number of alkyl halides is 4. The van der Waals surface area contributed by atoms with Crippen LogP contribution in [0.5, 0.6) is 0 Å². The van der Waals surface area contributed by atoms with Crippen molar-refractivity contribution >= 4 is 15.9 Å². The van der Waals surface area contributed by atoms with Crippen molar-refractivity contribution in [2.75, 3.05) is 0 Å². The van der Waals surface area contributed by atoms with Gasteiger partial charge < -0.3 is 0 Å². The van der Waals surface area contributed by atoms with Crippen LogP contribution in [0.15, 0.2) is 0 Å². The van der Waals surface area contributed by atoms with E-state index in [2.05, 4.69) is 15.9 Å². The second-order valence-corrected chi connectivity index (χ2v) is 2.90. The van der Waals surface area contributed by atoms with Crippen molar-refractivity contribution in [3.05, 3.63) is 0 Å². The molecule has 0 nitrogen and oxygen atoms in total. The van der Waals surface area contributed by atoms with Crippen LogP contribution in [0.3, 0.4) is 0 Å². The minimum atomic E-state index is -4.07. The van der Waals surface area contributed by atoms with Crippen LogP contribution in [0.4, 0.5) is 13.2 Å². The van der Waals surface area contributed by atoms with E-state index in [1.165, 1.54) is 0 Å². The Balaban J connectivity index is 3.59. The van der Waals surface area contributed by atoms with Gasteiger partial charge in [-0.3, -0.25) is 0 Å². The average Bonchev–Trinajstić information content (AvgIpc) is 1.64. The third kappa shape index (κ3) is 3.78. The lowest BCUT2D eigenvalue weighted by Crippen LogP contribution is -2.22. The van der Waals surface area contributed by atoms with Crippen molar-refractivity contribution in [2.45, 2.75) is 30.8 Å². The molecule has 0 N–H and O–H groups in total. The molecule has 0 bridgehead atoms. The summed E-state index contributed by atoms with van der Waals surface area (Å²) in [4.78, 5) is -1.32. The van der Waals surface area contributed by atoms with Crippen molar-refractivity contribution in [3.63, 3.8) is 0 Å². The fraction of sp³-hybridized carbons (Fsp3) is 1.00. The molecule has 0 fully saturated rings. The summed E-state index contributed by atoms with van der Waals surface area (Å²) in [7, 11) is 0. The van der Waals surface area contributed by atoms with Gasteiger partial charge in [0.05, 0.1) is 0 Å². The van der Waals surface area contributed by atoms with E-state index in [1.54, 1.807) is 6.92 Å². The molecular formula is C5H8BrF3. The van der Waals surface area contributed by atoms with Gasteiger partial charge in [0.15, 0.2) is 0 Å². The molecule has 1 atom stereocenters. The lowest BCUT2D eigenvalue weighted by molar-refractivity contribution is -0.128. The molecule has 0 amide bonds. The maximum absolute atomic E-state index is 11.6. The van der Waals surface area contributed by atoms with E-state index >= 15 is 0 Å². The van der Waals surface area contributed by atoms with Gasteiger partial charge in [0, 0.05) is 0 Å². The summed E-state index contributed by atoms with van der Waals surface area (Å²) in [5, 5.41) is 0. The molecule has 0 heterocycles. The molecule has 0 saturated heterocycles. The van der Waals surface area contributed by atoms with Gasteiger partial charge in [0.25, 0.3) is 0 Å². The summed E-state index contributed by atoms with van der Waals surface area (Å²) < 4.78 is 34.8. The molecule has 0 aliphatic rings. The van der Waals surface area contributed by atoms with Crippen LogP contribution in [0, 0.1) is 0 Å². The van der Waals surface area contributed by atoms with Crippen LogP contribution in [0.25, 0.3) is 0 Å². The van der Waals surface area contributed by atoms with Gasteiger partial charge in [0.1, 0.15) is 4.83 Å². The normalized spacial score (nSPS) is 15.7. The van der Waals surface area contributed by atoms with E-state index in [0.717, 1.165) is 0 Å². The largest absolute Gasteiger partial charge is 0.401 e. The molecule has 0 rings (SSSR count). The predicted molar refractivity (Wildman–Crippen MR) is 33.7 cm³/mol. The first kappa shape index (κ1) is 9.27. The average molecular weight is 205 g/mol. The Morgan fingerprint density at radius 1 is 1.44 bits per heavy atom. The zero-order valence-corrected chi connectivity index (χ0v) is 6.59. The van der Waals surface area contributed by atoms with Crippen LogP contribution >= 0.6 is 15.9 Å². The van der Waals surface area contributed by atoms with E-state index in [4.69, 9.17) is 0 Å². The van der Waals surface area contributed by atoms with Gasteiger partial charge in [-0.25, -0.2) is 0 Å². The molecule has 0 aliphatic carbocycles. The maximum Gasteiger partial charge on any atom is 0.401 e. The van der Waals surface area contributed by atoms with Crippen molar-refractivity contribution < 1.29 is 13.2 Å². The molecule has 0 saturated carbocycles. The van der Waals surface area contributed by atoms with E-state index in [9.17, 15) is 13.2 Å². The zero-order chi connectivity index (χ0) is 7.49. The summed E-state index contributed by atoms with van der Waals surface area (Å²) in [5.74, 6) is 0. The molecular weight excluding hydrogens is 197 g/mol. The number of halogens is 4. The summed E-state index contributed by atoms with van der Waals surface area (Å²) in [6, 6.07) is 0. The van der Waals surface area contributed by atoms with E-state index in [1.807, 2.05) is 0 Å². The third-order valence-corrected chi connectivity index (χ3v) is 1.87. The molecule has 0 aromatic carbocycles. The van der Waals surface area contributed by atoms with Crippen molar-refractivity contribution in [3.8, 4) is 0 Å². The Labute approximate surface area is 60.6 Å². The highest BCUT2D eigenvalue weighted by molar-refractivity contribution is 9.09. The molecule has 0 aromatic rings. The highest BCUT2D eigenvalue weighted by Crippen LogP contribution is 2.29. The van der Waals surface area contributed by atoms with Gasteiger partial charge in [-0.05, 0) is 6.42 Å². The SMILES string of the molecule is CCC[C@H](Br)C(F)(F)F. The quantitative estimate of drug-likeness (QED) is 0.607. The third-order valence-electron chi connectivity index (χ3n) is 0.897. The smallest absolute Gasteiger partial charge is 0.170 e. The Morgan fingerprint density at radius 2 is 1.89 bits per heavy atom. The second-order valence-electron chi connectivity index (χ2n) is 1.80. The first-order chi connectivity index (χ1) is 3.98. The number of hydrogen-bond donors (Lipinski definition) is 0. The second kappa shape index (κ2) is 3.44. The minimum Gasteiger partial charge on any atom is -0.170 e. The van der Waals surface area contributed by atoms with Gasteiger partial charge in [-0.1, -0.05) is 29.3 Å². The molecule has 4 heteroatoms. The van der Waals surface area contributed by atoms with Crippen LogP contribution in [-0.4, -0.2) is 11.0 Å². The summed E-state index contributed by atoms with van der Waals surface area (Å²) >= 11 is 2.53. The molecule has 0 spiro atoms. The van der Waals surface area contributed by atoms with Crippen LogP contribution < -0.4 is 0 Å². The first-order valence-electron chi connectivity index (χ1n) is 2.69. The van der Waals surface area contributed by atoms with Crippen LogP contribution in [-0.2, 0) is 0 Å². The van der Waals surface area contributed by atoms with Crippen molar-refractivity contribution in [1.82, 2.24) is 0 Å². The fourth-order valence-corrected chi connectivity index (χ4v) is 0.875. The predicted octanol–water partition coefficient (Wildman–Crippen LogP) is 3.11. The van der Waals surface area contributed by atoms with Gasteiger partial charge in [-0.2, -0.15) is 13.2 Å². The zero-order valence-electron chi connectivity index (χ0n) is 5.00. The first-order valence-corrected chi connectivity index (χ1v) is 3.60. The van der Waals surface area contributed by atoms with Gasteiger partial charge in [-0.15, -0.1) is 0 Å². The fourth-order valence-electron chi connectivity index (χ4n) is 0.417. The molecule has 56 valence electrons. The number of hydrogen-bond acceptors (Lipinski definition) is 0. The van der Waals surface area contributed by atoms with Gasteiger partial charge >= 0.3 is 6.18 Å². The molecule has 0 aliphatic heterocycles. The van der Waals surface area contributed by atoms with Gasteiger partial charge in [0.2, 0.25) is 0 Å². The van der Waals surface area contributed by atoms with E-state index in [-0.39, 0.29) is 6.42 Å². The summed E-state index contributed by atoms with van der Waals surface area (Å²) in [6.07, 6.45) is -3.37. The molecule has 0 unspecified atom stereocenters. The number of rotatable bonds is 2. The van der Waals surface area contributed by atoms with Crippen LogP contribution in [0.2, 0.25) is 0 Å². The highest BCUT2D eigenvalue weighted by atomic mass is 79.9. The van der Waals surface area contributed by atoms with E-state index in [0.29, 0.717) is 6.42 Å². The standard InChI is InChI=1S/C5H8BrF3/c1-2-3-4(6)5(7,8)9/h4H,2-3H2,1H3/t4-/m0/s1. The molecule has 0 aromatic heterocycles. The lowest BCUT2D eigenvalue weighted by Gasteiger charge is -2.11. The Morgan fingerprint density at radius 3 is 2.00 bits per heavy atom. The highest BCUT2D eigenvalue weighted by Gasteiger charge is 2.36. The molecule has 9 heavy (non-hydrogen) atoms. The Hall–Kier alpha value is 0.270.